The highest BCUT2D eigenvalue weighted by Gasteiger charge is 2.58. The van der Waals surface area contributed by atoms with Gasteiger partial charge in [0, 0.05) is 6.61 Å². The Kier molecular flexibility index (Phi) is 21.7. The van der Waals surface area contributed by atoms with E-state index in [9.17, 15) is 33.6 Å². The molecule has 62 heavy (non-hydrogen) atoms. The molecule has 10 atom stereocenters. The van der Waals surface area contributed by atoms with Crippen molar-refractivity contribution in [3.8, 4) is 0 Å². The second-order valence-corrected chi connectivity index (χ2v) is 18.3. The first-order chi connectivity index (χ1) is 28.8. The highest BCUT2D eigenvalue weighted by Crippen LogP contribution is 2.37. The number of hydrogen-bond acceptors (Lipinski definition) is 18. The Balaban J connectivity index is 3.00. The van der Waals surface area contributed by atoms with Crippen molar-refractivity contribution in [1.29, 1.82) is 0 Å². The van der Waals surface area contributed by atoms with Crippen molar-refractivity contribution >= 4 is 41.8 Å². The molecule has 0 aromatic rings. The fourth-order valence-corrected chi connectivity index (χ4v) is 5.56. The molecule has 0 radical (unpaired) electrons. The van der Waals surface area contributed by atoms with Crippen molar-refractivity contribution < 1.29 is 85.7 Å². The lowest BCUT2D eigenvalue weighted by atomic mass is 9.95. The summed E-state index contributed by atoms with van der Waals surface area (Å²) in [5.74, 6) is -9.65. The minimum Gasteiger partial charge on any atom is -0.463 e. The van der Waals surface area contributed by atoms with Gasteiger partial charge in [-0.2, -0.15) is 0 Å². The van der Waals surface area contributed by atoms with E-state index >= 15 is 0 Å². The predicted molar refractivity (Wildman–Crippen MR) is 218 cm³/mol. The number of ether oxygens (including phenoxy) is 11. The molecule has 0 saturated carbocycles. The van der Waals surface area contributed by atoms with E-state index in [0.29, 0.717) is 0 Å². The Hall–Kier alpha value is -3.87. The van der Waals surface area contributed by atoms with Gasteiger partial charge in [-0.1, -0.05) is 111 Å². The first-order valence-corrected chi connectivity index (χ1v) is 21.7. The molecule has 2 saturated heterocycles. The first kappa shape index (κ1) is 54.3. The summed E-state index contributed by atoms with van der Waals surface area (Å²) in [6.45, 7) is 25.1. The molecular formula is C44H72O18. The van der Waals surface area contributed by atoms with Crippen LogP contribution in [0.4, 0.5) is 0 Å². The SMILES string of the molecule is CC(C)COC1C(OC(=O)C(C)C)[C@@H](O[C@@H]2C(COC(=O)C(C)C)O[C@@H](OC(=O)C(C)C)C(OC(=O)C(C)C)C2OC(=O)C(C)C)OC(COC(=O)C(C)C)[C@H]1OC(=O)C(C)C. The Morgan fingerprint density at radius 1 is 0.371 bits per heavy atom. The molecular weight excluding hydrogens is 816 g/mol. The van der Waals surface area contributed by atoms with Crippen molar-refractivity contribution in [1.82, 2.24) is 0 Å². The van der Waals surface area contributed by atoms with Gasteiger partial charge in [-0.15, -0.1) is 0 Å². The molecule has 2 fully saturated rings. The summed E-state index contributed by atoms with van der Waals surface area (Å²) in [6.07, 6.45) is -15.4. The van der Waals surface area contributed by atoms with E-state index in [2.05, 4.69) is 0 Å². The average molecular weight is 889 g/mol. The van der Waals surface area contributed by atoms with Gasteiger partial charge in [-0.05, 0) is 5.92 Å². The minimum atomic E-state index is -1.72. The van der Waals surface area contributed by atoms with Gasteiger partial charge in [-0.3, -0.25) is 33.6 Å². The lowest BCUT2D eigenvalue weighted by Gasteiger charge is -2.49. The molecule has 2 rings (SSSR count). The quantitative estimate of drug-likeness (QED) is 0.112. The molecule has 2 aliphatic rings. The molecule has 0 aromatic carbocycles. The average Bonchev–Trinajstić information content (AvgIpc) is 3.17. The molecule has 6 unspecified atom stereocenters. The topological polar surface area (TPSA) is 221 Å². The normalized spacial score (nSPS) is 26.6. The number of carbonyl (C=O) groups is 7. The van der Waals surface area contributed by atoms with E-state index in [4.69, 9.17) is 52.1 Å². The molecule has 0 spiro atoms. The fourth-order valence-electron chi connectivity index (χ4n) is 5.56. The maximum atomic E-state index is 13.6. The van der Waals surface area contributed by atoms with E-state index < -0.39 is 158 Å². The third kappa shape index (κ3) is 16.0. The summed E-state index contributed by atoms with van der Waals surface area (Å²) in [7, 11) is 0. The minimum absolute atomic E-state index is 0.0619. The van der Waals surface area contributed by atoms with Crippen molar-refractivity contribution in [2.24, 2.45) is 47.3 Å². The van der Waals surface area contributed by atoms with Crippen molar-refractivity contribution in [3.05, 3.63) is 0 Å². The molecule has 356 valence electrons. The van der Waals surface area contributed by atoms with E-state index in [0.717, 1.165) is 0 Å². The van der Waals surface area contributed by atoms with Crippen molar-refractivity contribution in [3.63, 3.8) is 0 Å². The van der Waals surface area contributed by atoms with Crippen LogP contribution >= 0.6 is 0 Å². The van der Waals surface area contributed by atoms with Gasteiger partial charge in [0.15, 0.2) is 24.6 Å². The highest BCUT2D eigenvalue weighted by atomic mass is 16.8. The van der Waals surface area contributed by atoms with Crippen LogP contribution in [0.25, 0.3) is 0 Å². The van der Waals surface area contributed by atoms with Crippen LogP contribution < -0.4 is 0 Å². The Bertz CT molecular complexity index is 1500. The molecule has 18 nitrogen and oxygen atoms in total. The molecule has 0 aromatic heterocycles. The van der Waals surface area contributed by atoms with E-state index in [1.807, 2.05) is 13.8 Å². The van der Waals surface area contributed by atoms with Crippen LogP contribution in [0.1, 0.15) is 111 Å². The van der Waals surface area contributed by atoms with E-state index in [-0.39, 0.29) is 12.5 Å². The van der Waals surface area contributed by atoms with Crippen LogP contribution in [-0.4, -0.2) is 123 Å². The summed E-state index contributed by atoms with van der Waals surface area (Å²) in [4.78, 5) is 92.7. The molecule has 0 amide bonds. The molecule has 2 heterocycles. The van der Waals surface area contributed by atoms with Gasteiger partial charge in [0.2, 0.25) is 12.4 Å². The maximum Gasteiger partial charge on any atom is 0.310 e. The van der Waals surface area contributed by atoms with Crippen LogP contribution in [0.5, 0.6) is 0 Å². The van der Waals surface area contributed by atoms with Crippen LogP contribution in [0.3, 0.4) is 0 Å². The number of carbonyl (C=O) groups excluding carboxylic acids is 7. The summed E-state index contributed by atoms with van der Waals surface area (Å²) in [6, 6.07) is 0. The molecule has 0 aliphatic carbocycles. The van der Waals surface area contributed by atoms with Gasteiger partial charge in [0.05, 0.1) is 41.4 Å². The fraction of sp³-hybridized carbons (Fsp3) is 0.841. The zero-order valence-corrected chi connectivity index (χ0v) is 39.4. The highest BCUT2D eigenvalue weighted by molar-refractivity contribution is 5.75. The van der Waals surface area contributed by atoms with Gasteiger partial charge in [0.1, 0.15) is 37.6 Å². The predicted octanol–water partition coefficient (Wildman–Crippen LogP) is 4.73. The smallest absolute Gasteiger partial charge is 0.310 e. The van der Waals surface area contributed by atoms with Gasteiger partial charge in [0.25, 0.3) is 0 Å². The van der Waals surface area contributed by atoms with Gasteiger partial charge in [-0.25, -0.2) is 0 Å². The van der Waals surface area contributed by atoms with Crippen molar-refractivity contribution in [2.45, 2.75) is 172 Å². The standard InChI is InChI=1S/C44H72O18/c1-20(2)17-52-32-30(57-38(47)23(7)8)28(18-53-36(45)21(3)4)55-43(34(32)59-40(49)25(11)12)61-31-29(19-54-37(46)22(5)6)56-44(62-42(51)27(15)16)35(60-41(50)26(13)14)33(31)58-39(48)24(9)10/h20-35,43-44H,17-19H2,1-16H3/t28?,29?,30-,31-,32?,33?,34?,35?,43-,44+/m1/s1. The largest absolute Gasteiger partial charge is 0.463 e. The van der Waals surface area contributed by atoms with Crippen LogP contribution in [0, 0.1) is 47.3 Å². The zero-order valence-electron chi connectivity index (χ0n) is 39.4. The summed E-state index contributed by atoms with van der Waals surface area (Å²) in [5, 5.41) is 0. The Morgan fingerprint density at radius 3 is 1.08 bits per heavy atom. The number of rotatable bonds is 21. The molecule has 2 aliphatic heterocycles. The van der Waals surface area contributed by atoms with Crippen molar-refractivity contribution in [2.75, 3.05) is 19.8 Å². The lowest BCUT2D eigenvalue weighted by molar-refractivity contribution is -0.361. The molecule has 0 N–H and O–H groups in total. The zero-order chi connectivity index (χ0) is 47.3. The van der Waals surface area contributed by atoms with Crippen LogP contribution in [-0.2, 0) is 85.7 Å². The Morgan fingerprint density at radius 2 is 0.694 bits per heavy atom. The second kappa shape index (κ2) is 24.8. The van der Waals surface area contributed by atoms with Gasteiger partial charge >= 0.3 is 41.8 Å². The monoisotopic (exact) mass is 888 g/mol. The first-order valence-electron chi connectivity index (χ1n) is 21.7. The number of esters is 7. The third-order valence-electron chi connectivity index (χ3n) is 9.42. The second-order valence-electron chi connectivity index (χ2n) is 18.3. The number of hydrogen-bond donors (Lipinski definition) is 0. The lowest BCUT2D eigenvalue weighted by Crippen LogP contribution is -2.67. The van der Waals surface area contributed by atoms with Crippen LogP contribution in [0.2, 0.25) is 0 Å². The maximum absolute atomic E-state index is 13.6. The molecule has 0 bridgehead atoms. The summed E-state index contributed by atoms with van der Waals surface area (Å²) < 4.78 is 66.9. The Labute approximate surface area is 366 Å². The van der Waals surface area contributed by atoms with E-state index in [1.165, 1.54) is 0 Å². The summed E-state index contributed by atoms with van der Waals surface area (Å²) in [5.41, 5.74) is 0. The third-order valence-corrected chi connectivity index (χ3v) is 9.42. The van der Waals surface area contributed by atoms with Gasteiger partial charge < -0.3 is 52.1 Å². The van der Waals surface area contributed by atoms with Crippen LogP contribution in [0.15, 0.2) is 0 Å². The summed E-state index contributed by atoms with van der Waals surface area (Å²) >= 11 is 0. The molecule has 18 heteroatoms. The van der Waals surface area contributed by atoms with E-state index in [1.54, 1.807) is 96.9 Å².